The van der Waals surface area contributed by atoms with Crippen LogP contribution in [0.3, 0.4) is 0 Å². The van der Waals surface area contributed by atoms with Gasteiger partial charge in [0.05, 0.1) is 7.11 Å². The van der Waals surface area contributed by atoms with E-state index in [0.717, 1.165) is 0 Å². The number of benzene rings is 1. The maximum atomic E-state index is 11.2. The van der Waals surface area contributed by atoms with Crippen molar-refractivity contribution in [2.75, 3.05) is 7.11 Å². The maximum absolute atomic E-state index is 11.2. The molecule has 0 aliphatic carbocycles. The van der Waals surface area contributed by atoms with Crippen LogP contribution in [0.25, 0.3) is 0 Å². The van der Waals surface area contributed by atoms with Gasteiger partial charge in [0.15, 0.2) is 0 Å². The Labute approximate surface area is 82.0 Å². The molecule has 0 fully saturated rings. The van der Waals surface area contributed by atoms with Crippen LogP contribution in [0.4, 0.5) is 0 Å². The average molecular weight is 195 g/mol. The molecule has 0 aliphatic heterocycles. The second-order valence-corrected chi connectivity index (χ2v) is 2.73. The molecule has 0 aliphatic rings. The number of methoxy groups -OCH3 is 1. The number of hydrogen-bond acceptors (Lipinski definition) is 4. The Morgan fingerprint density at radius 3 is 2.71 bits per heavy atom. The fourth-order valence-electron chi connectivity index (χ4n) is 1.15. The predicted molar refractivity (Wildman–Crippen MR) is 52.3 cm³/mol. The number of carbonyl (C=O) groups is 1. The van der Waals surface area contributed by atoms with Crippen LogP contribution >= 0.6 is 0 Å². The summed E-state index contributed by atoms with van der Waals surface area (Å²) >= 11 is 0. The van der Waals surface area contributed by atoms with E-state index in [-0.39, 0.29) is 0 Å². The molecule has 0 aromatic heterocycles. The molecule has 76 valence electrons. The highest BCUT2D eigenvalue weighted by Crippen LogP contribution is 2.22. The lowest BCUT2D eigenvalue weighted by molar-refractivity contribution is -0.122. The number of amides is 1. The third kappa shape index (κ3) is 2.01. The SMILES string of the molecule is COc1ccccc1C(N)C(=O)NN. The van der Waals surface area contributed by atoms with Crippen molar-refractivity contribution in [2.45, 2.75) is 6.04 Å². The first-order chi connectivity index (χ1) is 6.70. The van der Waals surface area contributed by atoms with Gasteiger partial charge >= 0.3 is 0 Å². The molecule has 1 aromatic carbocycles. The summed E-state index contributed by atoms with van der Waals surface area (Å²) in [6, 6.07) is 6.23. The van der Waals surface area contributed by atoms with E-state index in [1.807, 2.05) is 5.43 Å². The van der Waals surface area contributed by atoms with Crippen LogP contribution in [0.2, 0.25) is 0 Å². The molecule has 14 heavy (non-hydrogen) atoms. The van der Waals surface area contributed by atoms with Gasteiger partial charge in [0.2, 0.25) is 0 Å². The summed E-state index contributed by atoms with van der Waals surface area (Å²) in [5, 5.41) is 0. The number of para-hydroxylation sites is 1. The summed E-state index contributed by atoms with van der Waals surface area (Å²) in [5.41, 5.74) is 8.26. The zero-order chi connectivity index (χ0) is 10.6. The summed E-state index contributed by atoms with van der Waals surface area (Å²) in [6.45, 7) is 0. The lowest BCUT2D eigenvalue weighted by Gasteiger charge is -2.13. The highest BCUT2D eigenvalue weighted by molar-refractivity contribution is 5.83. The molecule has 1 unspecified atom stereocenters. The Morgan fingerprint density at radius 1 is 1.50 bits per heavy atom. The van der Waals surface area contributed by atoms with E-state index in [2.05, 4.69) is 0 Å². The van der Waals surface area contributed by atoms with Gasteiger partial charge in [-0.3, -0.25) is 10.2 Å². The van der Waals surface area contributed by atoms with Crippen LogP contribution in [0.5, 0.6) is 5.75 Å². The molecule has 0 saturated carbocycles. The molecular formula is C9H13N3O2. The smallest absolute Gasteiger partial charge is 0.255 e. The highest BCUT2D eigenvalue weighted by Gasteiger charge is 2.17. The standard InChI is InChI=1S/C9H13N3O2/c1-14-7-5-3-2-4-6(7)8(10)9(13)12-11/h2-5,8H,10-11H2,1H3,(H,12,13). The number of rotatable bonds is 3. The van der Waals surface area contributed by atoms with Gasteiger partial charge in [-0.2, -0.15) is 0 Å². The first-order valence-electron chi connectivity index (χ1n) is 4.09. The van der Waals surface area contributed by atoms with Gasteiger partial charge in [-0.1, -0.05) is 18.2 Å². The van der Waals surface area contributed by atoms with E-state index in [9.17, 15) is 4.79 Å². The number of hydrazine groups is 1. The number of hydrogen-bond donors (Lipinski definition) is 3. The topological polar surface area (TPSA) is 90.4 Å². The van der Waals surface area contributed by atoms with Gasteiger partial charge in [0.25, 0.3) is 5.91 Å². The van der Waals surface area contributed by atoms with Gasteiger partial charge in [-0.05, 0) is 6.07 Å². The summed E-state index contributed by atoms with van der Waals surface area (Å²) < 4.78 is 5.06. The van der Waals surface area contributed by atoms with Crippen LogP contribution in [-0.4, -0.2) is 13.0 Å². The Morgan fingerprint density at radius 2 is 2.14 bits per heavy atom. The third-order valence-corrected chi connectivity index (χ3v) is 1.90. The summed E-state index contributed by atoms with van der Waals surface area (Å²) in [7, 11) is 1.52. The lowest BCUT2D eigenvalue weighted by Crippen LogP contribution is -2.38. The number of carbonyl (C=O) groups excluding carboxylic acids is 1. The van der Waals surface area contributed by atoms with Crippen molar-refractivity contribution >= 4 is 5.91 Å². The number of nitrogens with two attached hydrogens (primary N) is 2. The number of ether oxygens (including phenoxy) is 1. The molecule has 5 heteroatoms. The van der Waals surface area contributed by atoms with Gasteiger partial charge in [-0.25, -0.2) is 5.84 Å². The maximum Gasteiger partial charge on any atom is 0.255 e. The molecule has 0 saturated heterocycles. The fourth-order valence-corrected chi connectivity index (χ4v) is 1.15. The van der Waals surface area contributed by atoms with Gasteiger partial charge in [-0.15, -0.1) is 0 Å². The minimum atomic E-state index is -0.809. The van der Waals surface area contributed by atoms with Crippen molar-refractivity contribution in [3.63, 3.8) is 0 Å². The lowest BCUT2D eigenvalue weighted by atomic mass is 10.1. The van der Waals surface area contributed by atoms with Crippen LogP contribution in [0, 0.1) is 0 Å². The second-order valence-electron chi connectivity index (χ2n) is 2.73. The molecule has 0 heterocycles. The fraction of sp³-hybridized carbons (Fsp3) is 0.222. The zero-order valence-corrected chi connectivity index (χ0v) is 7.86. The molecule has 5 nitrogen and oxygen atoms in total. The molecule has 1 atom stereocenters. The normalized spacial score (nSPS) is 11.9. The van der Waals surface area contributed by atoms with E-state index in [0.29, 0.717) is 11.3 Å². The quantitative estimate of drug-likeness (QED) is 0.350. The monoisotopic (exact) mass is 195 g/mol. The van der Waals surface area contributed by atoms with Crippen molar-refractivity contribution < 1.29 is 9.53 Å². The zero-order valence-electron chi connectivity index (χ0n) is 7.86. The van der Waals surface area contributed by atoms with Crippen molar-refractivity contribution in [1.29, 1.82) is 0 Å². The first-order valence-corrected chi connectivity index (χ1v) is 4.09. The Balaban J connectivity index is 2.99. The molecule has 1 amide bonds. The van der Waals surface area contributed by atoms with E-state index < -0.39 is 11.9 Å². The van der Waals surface area contributed by atoms with Gasteiger partial charge < -0.3 is 10.5 Å². The van der Waals surface area contributed by atoms with Crippen molar-refractivity contribution in [2.24, 2.45) is 11.6 Å². The second kappa shape index (κ2) is 4.59. The molecule has 1 aromatic rings. The Bertz CT molecular complexity index is 328. The van der Waals surface area contributed by atoms with Crippen LogP contribution in [-0.2, 0) is 4.79 Å². The Hall–Kier alpha value is -1.59. The molecular weight excluding hydrogens is 182 g/mol. The first kappa shape index (κ1) is 10.5. The molecule has 0 radical (unpaired) electrons. The van der Waals surface area contributed by atoms with Crippen molar-refractivity contribution in [1.82, 2.24) is 5.43 Å². The molecule has 1 rings (SSSR count). The van der Waals surface area contributed by atoms with Gasteiger partial charge in [0, 0.05) is 5.56 Å². The summed E-state index contributed by atoms with van der Waals surface area (Å²) in [4.78, 5) is 11.2. The largest absolute Gasteiger partial charge is 0.496 e. The minimum Gasteiger partial charge on any atom is -0.496 e. The Kier molecular flexibility index (Phi) is 3.44. The van der Waals surface area contributed by atoms with E-state index >= 15 is 0 Å². The third-order valence-electron chi connectivity index (χ3n) is 1.90. The predicted octanol–water partition coefficient (Wildman–Crippen LogP) is -0.315. The highest BCUT2D eigenvalue weighted by atomic mass is 16.5. The molecule has 0 spiro atoms. The van der Waals surface area contributed by atoms with E-state index in [4.69, 9.17) is 16.3 Å². The van der Waals surface area contributed by atoms with Crippen LogP contribution < -0.4 is 21.7 Å². The van der Waals surface area contributed by atoms with Gasteiger partial charge in [0.1, 0.15) is 11.8 Å². The summed E-state index contributed by atoms with van der Waals surface area (Å²) in [5.74, 6) is 5.10. The van der Waals surface area contributed by atoms with E-state index in [1.54, 1.807) is 24.3 Å². The van der Waals surface area contributed by atoms with E-state index in [1.165, 1.54) is 7.11 Å². The average Bonchev–Trinajstić information content (AvgIpc) is 2.26. The molecule has 0 bridgehead atoms. The van der Waals surface area contributed by atoms with Crippen molar-refractivity contribution in [3.8, 4) is 5.75 Å². The number of nitrogens with one attached hydrogen (secondary N) is 1. The van der Waals surface area contributed by atoms with Crippen molar-refractivity contribution in [3.05, 3.63) is 29.8 Å². The summed E-state index contributed by atoms with van der Waals surface area (Å²) in [6.07, 6.45) is 0. The van der Waals surface area contributed by atoms with Crippen LogP contribution in [0.1, 0.15) is 11.6 Å². The molecule has 5 N–H and O–H groups in total. The van der Waals surface area contributed by atoms with Crippen LogP contribution in [0.15, 0.2) is 24.3 Å². The minimum absolute atomic E-state index is 0.450.